The van der Waals surface area contributed by atoms with Gasteiger partial charge in [0.2, 0.25) is 17.5 Å². The second-order valence-electron chi connectivity index (χ2n) is 4.39. The van der Waals surface area contributed by atoms with Crippen molar-refractivity contribution < 1.29 is 14.2 Å². The summed E-state index contributed by atoms with van der Waals surface area (Å²) in [7, 11) is 1.37. The molecule has 7 nitrogen and oxygen atoms in total. The van der Waals surface area contributed by atoms with Crippen molar-refractivity contribution in [3.05, 3.63) is 42.4 Å². The van der Waals surface area contributed by atoms with Gasteiger partial charge in [0, 0.05) is 17.0 Å². The molecule has 0 spiro atoms. The fourth-order valence-corrected chi connectivity index (χ4v) is 2.36. The van der Waals surface area contributed by atoms with Crippen LogP contribution in [0, 0.1) is 0 Å². The number of fused-ring (bicyclic) bond motifs is 5. The van der Waals surface area contributed by atoms with Crippen molar-refractivity contribution in [2.24, 2.45) is 0 Å². The van der Waals surface area contributed by atoms with E-state index in [1.807, 2.05) is 16.8 Å². The smallest absolute Gasteiger partial charge is 0.337 e. The monoisotopic (exact) mass is 268 g/mol. The molecular formula is C13H10N5O2+. The molecule has 4 rings (SSSR count). The average Bonchev–Trinajstić information content (AvgIpc) is 3.01. The lowest BCUT2D eigenvalue weighted by atomic mass is 10.2. The fraction of sp³-hybridized carbons (Fsp3) is 0.0769. The maximum atomic E-state index is 11.6. The molecule has 4 aromatic rings. The Hall–Kier alpha value is -2.96. The van der Waals surface area contributed by atoms with Crippen LogP contribution in [0.15, 0.2) is 36.8 Å². The van der Waals surface area contributed by atoms with Crippen LogP contribution in [0.5, 0.6) is 0 Å². The Morgan fingerprint density at radius 2 is 2.20 bits per heavy atom. The zero-order valence-corrected chi connectivity index (χ0v) is 10.6. The van der Waals surface area contributed by atoms with E-state index in [9.17, 15) is 4.79 Å². The number of esters is 1. The number of hydrogen-bond acceptors (Lipinski definition) is 4. The summed E-state index contributed by atoms with van der Waals surface area (Å²) in [5, 5.41) is 4.11. The molecule has 7 heteroatoms. The maximum Gasteiger partial charge on any atom is 0.337 e. The van der Waals surface area contributed by atoms with Crippen LogP contribution < -0.4 is 4.63 Å². The first-order chi connectivity index (χ1) is 9.78. The lowest BCUT2D eigenvalue weighted by Crippen LogP contribution is -2.26. The van der Waals surface area contributed by atoms with Gasteiger partial charge in [0.05, 0.1) is 18.1 Å². The summed E-state index contributed by atoms with van der Waals surface area (Å²) in [6.07, 6.45) is 5.17. The van der Waals surface area contributed by atoms with Gasteiger partial charge in [-0.3, -0.25) is 0 Å². The van der Waals surface area contributed by atoms with E-state index >= 15 is 0 Å². The van der Waals surface area contributed by atoms with Crippen molar-refractivity contribution in [3.63, 3.8) is 0 Å². The molecule has 0 amide bonds. The number of methoxy groups -OCH3 is 1. The zero-order chi connectivity index (χ0) is 13.7. The van der Waals surface area contributed by atoms with Crippen LogP contribution in [0.2, 0.25) is 0 Å². The van der Waals surface area contributed by atoms with Crippen molar-refractivity contribution in [2.45, 2.75) is 0 Å². The number of nitrogens with zero attached hydrogens (tertiary/aromatic N) is 4. The fourth-order valence-electron chi connectivity index (χ4n) is 2.36. The Morgan fingerprint density at radius 1 is 1.35 bits per heavy atom. The highest BCUT2D eigenvalue weighted by Crippen LogP contribution is 2.17. The average molecular weight is 268 g/mol. The first-order valence-electron chi connectivity index (χ1n) is 6.02. The molecule has 1 N–H and O–H groups in total. The molecule has 0 aliphatic rings. The number of benzene rings is 1. The predicted molar refractivity (Wildman–Crippen MR) is 69.3 cm³/mol. The van der Waals surface area contributed by atoms with Crippen LogP contribution in [0.4, 0.5) is 0 Å². The molecule has 3 aromatic heterocycles. The molecule has 0 unspecified atom stereocenters. The molecule has 1 aromatic carbocycles. The van der Waals surface area contributed by atoms with Crippen LogP contribution in [0.1, 0.15) is 10.4 Å². The molecule has 0 aliphatic heterocycles. The second kappa shape index (κ2) is 3.77. The summed E-state index contributed by atoms with van der Waals surface area (Å²) >= 11 is 0. The summed E-state index contributed by atoms with van der Waals surface area (Å²) in [5.41, 5.74) is 2.74. The zero-order valence-electron chi connectivity index (χ0n) is 10.6. The molecule has 0 fully saturated rings. The van der Waals surface area contributed by atoms with Crippen molar-refractivity contribution in [2.75, 3.05) is 7.11 Å². The largest absolute Gasteiger partial charge is 0.465 e. The Kier molecular flexibility index (Phi) is 2.06. The highest BCUT2D eigenvalue weighted by atomic mass is 16.5. The third kappa shape index (κ3) is 1.34. The summed E-state index contributed by atoms with van der Waals surface area (Å²) in [6.45, 7) is 0. The topological polar surface area (TPSA) is 76.4 Å². The number of rotatable bonds is 1. The standard InChI is InChI=1S/C13H9N5O2/c1-20-13(19)8-2-3-9-7-17-16-11-12(15-5-4-14-11)18(17)10(9)6-8/h2-7H,1H3/p+1. The summed E-state index contributed by atoms with van der Waals surface area (Å²) < 4.78 is 8.41. The van der Waals surface area contributed by atoms with Gasteiger partial charge < -0.3 is 4.74 Å². The number of H-pyrrole nitrogens is 1. The van der Waals surface area contributed by atoms with Gasteiger partial charge in [-0.15, -0.1) is 5.10 Å². The Balaban J connectivity index is 2.13. The van der Waals surface area contributed by atoms with E-state index in [0.29, 0.717) is 16.9 Å². The number of aromatic nitrogens is 5. The molecule has 98 valence electrons. The SMILES string of the molecule is COC(=O)c1ccc2c[n+]3[nH]c4nccnc4n3c2c1. The van der Waals surface area contributed by atoms with E-state index in [4.69, 9.17) is 4.74 Å². The highest BCUT2D eigenvalue weighted by molar-refractivity contribution is 5.94. The third-order valence-electron chi connectivity index (χ3n) is 3.26. The molecule has 0 radical (unpaired) electrons. The summed E-state index contributed by atoms with van der Waals surface area (Å²) in [6, 6.07) is 5.39. The molecule has 20 heavy (non-hydrogen) atoms. The van der Waals surface area contributed by atoms with Crippen LogP contribution >= 0.6 is 0 Å². The lowest BCUT2D eigenvalue weighted by molar-refractivity contribution is -0.667. The van der Waals surface area contributed by atoms with Crippen LogP contribution in [-0.2, 0) is 4.74 Å². The van der Waals surface area contributed by atoms with Crippen molar-refractivity contribution in [3.8, 4) is 0 Å². The summed E-state index contributed by atoms with van der Waals surface area (Å²) in [4.78, 5) is 20.2. The molecule has 0 bridgehead atoms. The number of aromatic amines is 1. The minimum atomic E-state index is -0.363. The van der Waals surface area contributed by atoms with E-state index in [-0.39, 0.29) is 5.97 Å². The van der Waals surface area contributed by atoms with Crippen LogP contribution in [0.3, 0.4) is 0 Å². The van der Waals surface area contributed by atoms with Gasteiger partial charge in [0.25, 0.3) is 0 Å². The predicted octanol–water partition coefficient (Wildman–Crippen LogP) is 0.736. The highest BCUT2D eigenvalue weighted by Gasteiger charge is 2.19. The van der Waals surface area contributed by atoms with Crippen LogP contribution in [0.25, 0.3) is 22.2 Å². The first-order valence-corrected chi connectivity index (χ1v) is 6.02. The molecule has 0 aliphatic carbocycles. The minimum Gasteiger partial charge on any atom is -0.465 e. The van der Waals surface area contributed by atoms with E-state index in [0.717, 1.165) is 10.9 Å². The van der Waals surface area contributed by atoms with Gasteiger partial charge in [-0.1, -0.05) is 4.52 Å². The second-order valence-corrected chi connectivity index (χ2v) is 4.39. The van der Waals surface area contributed by atoms with Gasteiger partial charge in [0.1, 0.15) is 5.52 Å². The Morgan fingerprint density at radius 3 is 3.05 bits per heavy atom. The van der Waals surface area contributed by atoms with Gasteiger partial charge in [-0.2, -0.15) is 0 Å². The van der Waals surface area contributed by atoms with E-state index in [2.05, 4.69) is 15.1 Å². The van der Waals surface area contributed by atoms with Gasteiger partial charge in [-0.05, 0) is 18.2 Å². The number of carbonyl (C=O) groups is 1. The number of ether oxygens (including phenoxy) is 1. The number of nitrogens with one attached hydrogen (secondary N) is 1. The van der Waals surface area contributed by atoms with Gasteiger partial charge >= 0.3 is 5.97 Å². The summed E-state index contributed by atoms with van der Waals surface area (Å²) in [5.74, 6) is -0.363. The third-order valence-corrected chi connectivity index (χ3v) is 3.26. The number of hydrogen-bond donors (Lipinski definition) is 1. The van der Waals surface area contributed by atoms with E-state index in [1.165, 1.54) is 7.11 Å². The number of carbonyl (C=O) groups excluding carboxylic acids is 1. The van der Waals surface area contributed by atoms with E-state index < -0.39 is 0 Å². The Labute approximate surface area is 112 Å². The first kappa shape index (κ1) is 10.9. The normalized spacial score (nSPS) is 11.4. The molecule has 0 saturated carbocycles. The molecule has 0 saturated heterocycles. The van der Waals surface area contributed by atoms with Crippen LogP contribution in [-0.4, -0.2) is 32.7 Å². The minimum absolute atomic E-state index is 0.363. The van der Waals surface area contributed by atoms with Crippen molar-refractivity contribution >= 4 is 28.2 Å². The molecule has 0 atom stereocenters. The van der Waals surface area contributed by atoms with Crippen molar-refractivity contribution in [1.29, 1.82) is 0 Å². The maximum absolute atomic E-state index is 11.6. The van der Waals surface area contributed by atoms with Gasteiger partial charge in [0.15, 0.2) is 0 Å². The van der Waals surface area contributed by atoms with E-state index in [1.54, 1.807) is 29.2 Å². The van der Waals surface area contributed by atoms with Crippen molar-refractivity contribution in [1.82, 2.24) is 19.6 Å². The molecular weight excluding hydrogens is 258 g/mol. The van der Waals surface area contributed by atoms with Gasteiger partial charge in [-0.25, -0.2) is 14.8 Å². The lowest BCUT2D eigenvalue weighted by Gasteiger charge is -1.97. The molecule has 3 heterocycles. The quantitative estimate of drug-likeness (QED) is 0.408. The Bertz CT molecular complexity index is 969.